The molecule has 0 unspecified atom stereocenters. The molecule has 0 aliphatic rings. The van der Waals surface area contributed by atoms with E-state index < -0.39 is 10.0 Å². The highest BCUT2D eigenvalue weighted by Crippen LogP contribution is 2.16. The molecular formula is C19H32N2O2S. The number of hydrogen-bond donors (Lipinski definition) is 0. The zero-order chi connectivity index (χ0) is 18.0. The number of nitrogens with zero attached hydrogens (tertiary/aromatic N) is 2. The molecule has 0 spiro atoms. The van der Waals surface area contributed by atoms with Crippen molar-refractivity contribution in [2.75, 3.05) is 13.1 Å². The topological polar surface area (TPSA) is 49.7 Å². The van der Waals surface area contributed by atoms with Crippen LogP contribution in [0, 0.1) is 6.92 Å². The average molecular weight is 353 g/mol. The van der Waals surface area contributed by atoms with Gasteiger partial charge in [0, 0.05) is 19.5 Å². The highest BCUT2D eigenvalue weighted by atomic mass is 32.2. The fourth-order valence-electron chi connectivity index (χ4n) is 2.64. The summed E-state index contributed by atoms with van der Waals surface area (Å²) in [5, 5.41) is 0. The summed E-state index contributed by atoms with van der Waals surface area (Å²) in [5.41, 5.74) is 1.04. The van der Waals surface area contributed by atoms with E-state index >= 15 is 0 Å². The Morgan fingerprint density at radius 3 is 2.08 bits per heavy atom. The van der Waals surface area contributed by atoms with Crippen LogP contribution in [0.2, 0.25) is 0 Å². The van der Waals surface area contributed by atoms with E-state index in [0.29, 0.717) is 5.84 Å². The Morgan fingerprint density at radius 1 is 0.958 bits per heavy atom. The molecular weight excluding hydrogens is 320 g/mol. The second kappa shape index (κ2) is 10.5. The summed E-state index contributed by atoms with van der Waals surface area (Å²) < 4.78 is 29.4. The lowest BCUT2D eigenvalue weighted by atomic mass is 10.1. The van der Waals surface area contributed by atoms with Gasteiger partial charge < -0.3 is 4.90 Å². The lowest BCUT2D eigenvalue weighted by Gasteiger charge is -2.23. The maximum absolute atomic E-state index is 12.6. The molecule has 4 nitrogen and oxygen atoms in total. The molecule has 0 radical (unpaired) electrons. The number of benzene rings is 1. The Kier molecular flexibility index (Phi) is 9.04. The minimum absolute atomic E-state index is 0.267. The number of hydrogen-bond acceptors (Lipinski definition) is 2. The second-order valence-corrected chi connectivity index (χ2v) is 7.74. The first-order chi connectivity index (χ1) is 11.4. The van der Waals surface area contributed by atoms with E-state index in [1.54, 1.807) is 12.1 Å². The Bertz CT molecular complexity index is 603. The molecule has 0 aromatic heterocycles. The highest BCUT2D eigenvalue weighted by Gasteiger charge is 2.17. The van der Waals surface area contributed by atoms with Crippen molar-refractivity contribution in [3.05, 3.63) is 29.8 Å². The minimum atomic E-state index is -3.64. The summed E-state index contributed by atoms with van der Waals surface area (Å²) in [6.07, 6.45) is 6.47. The van der Waals surface area contributed by atoms with Gasteiger partial charge in [0.2, 0.25) is 0 Å². The zero-order valence-corrected chi connectivity index (χ0v) is 16.4. The molecule has 0 aliphatic heterocycles. The molecule has 0 atom stereocenters. The second-order valence-electron chi connectivity index (χ2n) is 6.13. The van der Waals surface area contributed by atoms with Crippen LogP contribution in [-0.4, -0.2) is 32.2 Å². The molecule has 24 heavy (non-hydrogen) atoms. The van der Waals surface area contributed by atoms with Crippen molar-refractivity contribution in [3.63, 3.8) is 0 Å². The van der Waals surface area contributed by atoms with Gasteiger partial charge in [0.1, 0.15) is 5.84 Å². The third kappa shape index (κ3) is 6.63. The fraction of sp³-hybridized carbons (Fsp3) is 0.632. The predicted molar refractivity (Wildman–Crippen MR) is 102 cm³/mol. The van der Waals surface area contributed by atoms with Crippen molar-refractivity contribution in [1.29, 1.82) is 0 Å². The molecule has 136 valence electrons. The SMILES string of the molecule is CCCCCCC/C(=N/S(=O)(=O)c1ccc(C)cc1)N(CC)CC. The minimum Gasteiger partial charge on any atom is -0.360 e. The molecule has 0 N–H and O–H groups in total. The van der Waals surface area contributed by atoms with Gasteiger partial charge in [-0.1, -0.05) is 50.3 Å². The largest absolute Gasteiger partial charge is 0.360 e. The third-order valence-electron chi connectivity index (χ3n) is 4.18. The summed E-state index contributed by atoms with van der Waals surface area (Å²) in [5.74, 6) is 0.692. The first kappa shape index (κ1) is 20.7. The van der Waals surface area contributed by atoms with E-state index in [1.807, 2.05) is 37.8 Å². The first-order valence-corrected chi connectivity index (χ1v) is 10.5. The summed E-state index contributed by atoms with van der Waals surface area (Å²) in [6, 6.07) is 6.89. The molecule has 0 bridgehead atoms. The predicted octanol–water partition coefficient (Wildman–Crippen LogP) is 4.78. The van der Waals surface area contributed by atoms with Crippen molar-refractivity contribution in [2.24, 2.45) is 4.40 Å². The van der Waals surface area contributed by atoms with E-state index in [2.05, 4.69) is 11.3 Å². The summed E-state index contributed by atoms with van der Waals surface area (Å²) in [4.78, 5) is 2.31. The van der Waals surface area contributed by atoms with Gasteiger partial charge in [0.15, 0.2) is 0 Å². The maximum Gasteiger partial charge on any atom is 0.283 e. The Hall–Kier alpha value is -1.36. The monoisotopic (exact) mass is 352 g/mol. The van der Waals surface area contributed by atoms with Gasteiger partial charge in [0.25, 0.3) is 10.0 Å². The first-order valence-electron chi connectivity index (χ1n) is 9.10. The smallest absolute Gasteiger partial charge is 0.283 e. The van der Waals surface area contributed by atoms with Gasteiger partial charge in [-0.05, 0) is 39.3 Å². The van der Waals surface area contributed by atoms with E-state index in [-0.39, 0.29) is 4.90 Å². The Labute approximate surface area is 148 Å². The fourth-order valence-corrected chi connectivity index (χ4v) is 3.71. The molecule has 1 aromatic rings. The van der Waals surface area contributed by atoms with Gasteiger partial charge in [-0.3, -0.25) is 0 Å². The average Bonchev–Trinajstić information content (AvgIpc) is 2.55. The number of unbranched alkanes of at least 4 members (excludes halogenated alkanes) is 4. The number of rotatable bonds is 10. The maximum atomic E-state index is 12.6. The molecule has 1 rings (SSSR count). The standard InChI is InChI=1S/C19H32N2O2S/c1-5-8-9-10-11-12-19(21(6-2)7-3)20-24(22,23)18-15-13-17(4)14-16-18/h13-16H,5-12H2,1-4H3/b20-19-. The van der Waals surface area contributed by atoms with Crippen LogP contribution in [0.25, 0.3) is 0 Å². The Morgan fingerprint density at radius 2 is 1.54 bits per heavy atom. The molecule has 0 heterocycles. The van der Waals surface area contributed by atoms with Crippen LogP contribution in [0.1, 0.15) is 64.9 Å². The lowest BCUT2D eigenvalue weighted by molar-refractivity contribution is 0.451. The number of amidine groups is 1. The van der Waals surface area contributed by atoms with Crippen LogP contribution >= 0.6 is 0 Å². The third-order valence-corrected chi connectivity index (χ3v) is 5.50. The molecule has 0 aliphatic carbocycles. The van der Waals surface area contributed by atoms with E-state index in [0.717, 1.165) is 37.9 Å². The van der Waals surface area contributed by atoms with Crippen LogP contribution in [0.3, 0.4) is 0 Å². The highest BCUT2D eigenvalue weighted by molar-refractivity contribution is 7.90. The molecule has 0 saturated carbocycles. The van der Waals surface area contributed by atoms with Gasteiger partial charge in [-0.15, -0.1) is 4.40 Å². The van der Waals surface area contributed by atoms with Crippen LogP contribution in [0.15, 0.2) is 33.6 Å². The van der Waals surface area contributed by atoms with Gasteiger partial charge in [-0.25, -0.2) is 0 Å². The van der Waals surface area contributed by atoms with Gasteiger partial charge in [-0.2, -0.15) is 8.42 Å². The molecule has 0 fully saturated rings. The molecule has 5 heteroatoms. The molecule has 0 amide bonds. The van der Waals surface area contributed by atoms with Gasteiger partial charge in [0.05, 0.1) is 4.90 Å². The van der Waals surface area contributed by atoms with Crippen LogP contribution in [0.5, 0.6) is 0 Å². The van der Waals surface area contributed by atoms with E-state index in [4.69, 9.17) is 0 Å². The van der Waals surface area contributed by atoms with Crippen molar-refractivity contribution < 1.29 is 8.42 Å². The summed E-state index contributed by atoms with van der Waals surface area (Å²) in [7, 11) is -3.64. The summed E-state index contributed by atoms with van der Waals surface area (Å²) in [6.45, 7) is 9.75. The Balaban J connectivity index is 2.94. The zero-order valence-electron chi connectivity index (χ0n) is 15.6. The van der Waals surface area contributed by atoms with Crippen LogP contribution < -0.4 is 0 Å². The molecule has 0 saturated heterocycles. The number of sulfonamides is 1. The van der Waals surface area contributed by atoms with Crippen LogP contribution in [0.4, 0.5) is 0 Å². The summed E-state index contributed by atoms with van der Waals surface area (Å²) >= 11 is 0. The quantitative estimate of drug-likeness (QED) is 0.346. The van der Waals surface area contributed by atoms with Crippen molar-refractivity contribution >= 4 is 15.9 Å². The van der Waals surface area contributed by atoms with Crippen molar-refractivity contribution in [3.8, 4) is 0 Å². The molecule has 1 aromatic carbocycles. The number of aryl methyl sites for hydroxylation is 1. The van der Waals surface area contributed by atoms with Crippen molar-refractivity contribution in [1.82, 2.24) is 4.90 Å². The van der Waals surface area contributed by atoms with Gasteiger partial charge >= 0.3 is 0 Å². The van der Waals surface area contributed by atoms with E-state index in [9.17, 15) is 8.42 Å². The van der Waals surface area contributed by atoms with Crippen molar-refractivity contribution in [2.45, 2.75) is 71.1 Å². The van der Waals surface area contributed by atoms with E-state index in [1.165, 1.54) is 19.3 Å². The van der Waals surface area contributed by atoms with Crippen LogP contribution in [-0.2, 0) is 10.0 Å². The lowest BCUT2D eigenvalue weighted by Crippen LogP contribution is -2.31. The normalized spacial score (nSPS) is 12.4.